The molecule has 2 fully saturated rings. The van der Waals surface area contributed by atoms with Crippen LogP contribution >= 0.6 is 0 Å². The summed E-state index contributed by atoms with van der Waals surface area (Å²) in [6.45, 7) is 2.44. The molecular weight excluding hydrogens is 216 g/mol. The minimum Gasteiger partial charge on any atom is -0.378 e. The highest BCUT2D eigenvalue weighted by Gasteiger charge is 2.41. The van der Waals surface area contributed by atoms with Crippen molar-refractivity contribution in [2.45, 2.75) is 44.1 Å². The molecule has 2 aliphatic heterocycles. The fourth-order valence-electron chi connectivity index (χ4n) is 3.31. The van der Waals surface area contributed by atoms with Crippen molar-refractivity contribution in [3.63, 3.8) is 0 Å². The second kappa shape index (κ2) is 4.54. The Morgan fingerprint density at radius 3 is 2.94 bits per heavy atom. The summed E-state index contributed by atoms with van der Waals surface area (Å²) < 4.78 is 11.4. The monoisotopic (exact) mass is 236 g/mol. The molecule has 2 saturated heterocycles. The standard InChI is InChI=1S/C14H20O3/c15-13-3-1-11(2-4-13)12-5-7-17-14(9-12)6-8-16-10-14/h1,12H,2-10H2. The molecule has 0 amide bonds. The van der Waals surface area contributed by atoms with E-state index < -0.39 is 0 Å². The van der Waals surface area contributed by atoms with Gasteiger partial charge in [0.15, 0.2) is 0 Å². The topological polar surface area (TPSA) is 35.5 Å². The van der Waals surface area contributed by atoms with E-state index in [1.165, 1.54) is 5.57 Å². The Bertz CT molecular complexity index is 339. The lowest BCUT2D eigenvalue weighted by Crippen LogP contribution is -2.41. The summed E-state index contributed by atoms with van der Waals surface area (Å²) in [6, 6.07) is 0. The van der Waals surface area contributed by atoms with Gasteiger partial charge in [-0.05, 0) is 25.2 Å². The van der Waals surface area contributed by atoms with Crippen LogP contribution < -0.4 is 0 Å². The van der Waals surface area contributed by atoms with E-state index in [0.29, 0.717) is 18.1 Å². The summed E-state index contributed by atoms with van der Waals surface area (Å²) in [6.07, 6.45) is 7.78. The molecule has 2 heterocycles. The van der Waals surface area contributed by atoms with Crippen LogP contribution in [-0.2, 0) is 14.3 Å². The minimum atomic E-state index is -0.00872. The summed E-state index contributed by atoms with van der Waals surface area (Å²) in [7, 11) is 0. The summed E-state index contributed by atoms with van der Waals surface area (Å²) >= 11 is 0. The lowest BCUT2D eigenvalue weighted by Gasteiger charge is -2.38. The molecule has 1 aliphatic carbocycles. The molecule has 0 aromatic rings. The fourth-order valence-corrected chi connectivity index (χ4v) is 3.31. The third-order valence-electron chi connectivity index (χ3n) is 4.37. The highest BCUT2D eigenvalue weighted by molar-refractivity contribution is 5.81. The zero-order valence-corrected chi connectivity index (χ0v) is 10.2. The molecule has 0 saturated carbocycles. The van der Waals surface area contributed by atoms with Crippen molar-refractivity contribution in [3.8, 4) is 0 Å². The predicted molar refractivity (Wildman–Crippen MR) is 63.8 cm³/mol. The molecule has 3 nitrogen and oxygen atoms in total. The predicted octanol–water partition coefficient (Wildman–Crippen LogP) is 2.25. The van der Waals surface area contributed by atoms with Gasteiger partial charge in [-0.25, -0.2) is 0 Å². The fraction of sp³-hybridized carbons (Fsp3) is 0.786. The maximum Gasteiger partial charge on any atom is 0.136 e. The number of ketones is 1. The Kier molecular flexibility index (Phi) is 3.05. The minimum absolute atomic E-state index is 0.00872. The first-order chi connectivity index (χ1) is 8.27. The largest absolute Gasteiger partial charge is 0.378 e. The number of Topliss-reactive ketones (excluding diaryl/α,β-unsaturated/α-hetero) is 1. The summed E-state index contributed by atoms with van der Waals surface area (Å²) in [5.74, 6) is 1.01. The van der Waals surface area contributed by atoms with Gasteiger partial charge in [0, 0.05) is 32.5 Å². The maximum absolute atomic E-state index is 11.3. The van der Waals surface area contributed by atoms with E-state index in [4.69, 9.17) is 9.47 Å². The van der Waals surface area contributed by atoms with E-state index in [2.05, 4.69) is 6.08 Å². The van der Waals surface area contributed by atoms with Gasteiger partial charge >= 0.3 is 0 Å². The van der Waals surface area contributed by atoms with Crippen molar-refractivity contribution in [1.29, 1.82) is 0 Å². The highest BCUT2D eigenvalue weighted by Crippen LogP contribution is 2.40. The number of hydrogen-bond donors (Lipinski definition) is 0. The van der Waals surface area contributed by atoms with Crippen LogP contribution in [0.1, 0.15) is 38.5 Å². The number of allylic oxidation sites excluding steroid dienone is 2. The van der Waals surface area contributed by atoms with Crippen LogP contribution in [0.15, 0.2) is 11.6 Å². The second-order valence-corrected chi connectivity index (χ2v) is 5.55. The van der Waals surface area contributed by atoms with Crippen molar-refractivity contribution in [1.82, 2.24) is 0 Å². The Labute approximate surface area is 102 Å². The lowest BCUT2D eigenvalue weighted by atomic mass is 9.78. The van der Waals surface area contributed by atoms with E-state index in [9.17, 15) is 4.79 Å². The molecule has 2 unspecified atom stereocenters. The third kappa shape index (κ3) is 2.31. The summed E-state index contributed by atoms with van der Waals surface area (Å²) in [5.41, 5.74) is 1.49. The third-order valence-corrected chi connectivity index (χ3v) is 4.37. The molecule has 0 radical (unpaired) electrons. The van der Waals surface area contributed by atoms with E-state index in [-0.39, 0.29) is 5.60 Å². The van der Waals surface area contributed by atoms with E-state index in [0.717, 1.165) is 51.9 Å². The average molecular weight is 236 g/mol. The van der Waals surface area contributed by atoms with Crippen LogP contribution in [0.5, 0.6) is 0 Å². The maximum atomic E-state index is 11.3. The molecule has 2 atom stereocenters. The first kappa shape index (κ1) is 11.4. The van der Waals surface area contributed by atoms with Crippen LogP contribution in [-0.4, -0.2) is 31.2 Å². The average Bonchev–Trinajstić information content (AvgIpc) is 2.78. The molecule has 3 rings (SSSR count). The molecule has 0 N–H and O–H groups in total. The summed E-state index contributed by atoms with van der Waals surface area (Å²) in [4.78, 5) is 11.3. The van der Waals surface area contributed by atoms with Crippen molar-refractivity contribution >= 4 is 5.78 Å². The quantitative estimate of drug-likeness (QED) is 0.655. The summed E-state index contributed by atoms with van der Waals surface area (Å²) in [5, 5.41) is 0. The van der Waals surface area contributed by atoms with Crippen molar-refractivity contribution in [2.75, 3.05) is 19.8 Å². The van der Waals surface area contributed by atoms with Gasteiger partial charge in [0.25, 0.3) is 0 Å². The molecule has 0 aromatic carbocycles. The van der Waals surface area contributed by atoms with E-state index in [1.807, 2.05) is 0 Å². The van der Waals surface area contributed by atoms with Crippen molar-refractivity contribution in [3.05, 3.63) is 11.6 Å². The van der Waals surface area contributed by atoms with Crippen LogP contribution in [0.4, 0.5) is 0 Å². The number of rotatable bonds is 1. The first-order valence-electron chi connectivity index (χ1n) is 6.70. The molecule has 0 aromatic heterocycles. The van der Waals surface area contributed by atoms with Crippen LogP contribution in [0.2, 0.25) is 0 Å². The van der Waals surface area contributed by atoms with Gasteiger partial charge in [-0.3, -0.25) is 4.79 Å². The highest BCUT2D eigenvalue weighted by atomic mass is 16.6. The van der Waals surface area contributed by atoms with Gasteiger partial charge in [-0.2, -0.15) is 0 Å². The van der Waals surface area contributed by atoms with Crippen LogP contribution in [0.3, 0.4) is 0 Å². The molecule has 3 heteroatoms. The number of carbonyl (C=O) groups excluding carboxylic acids is 1. The molecule has 0 bridgehead atoms. The zero-order valence-electron chi connectivity index (χ0n) is 10.2. The van der Waals surface area contributed by atoms with Crippen LogP contribution in [0, 0.1) is 5.92 Å². The van der Waals surface area contributed by atoms with E-state index >= 15 is 0 Å². The number of ether oxygens (including phenoxy) is 2. The molecule has 3 aliphatic rings. The van der Waals surface area contributed by atoms with Gasteiger partial charge in [-0.1, -0.05) is 11.6 Å². The molecule has 17 heavy (non-hydrogen) atoms. The van der Waals surface area contributed by atoms with Gasteiger partial charge in [0.2, 0.25) is 0 Å². The lowest BCUT2D eigenvalue weighted by molar-refractivity contribution is -0.118. The molecule has 94 valence electrons. The Balaban J connectivity index is 1.69. The Hall–Kier alpha value is -0.670. The van der Waals surface area contributed by atoms with Gasteiger partial charge in [0.05, 0.1) is 12.2 Å². The Morgan fingerprint density at radius 2 is 2.24 bits per heavy atom. The van der Waals surface area contributed by atoms with Gasteiger partial charge in [0.1, 0.15) is 5.78 Å². The van der Waals surface area contributed by atoms with Crippen molar-refractivity contribution in [2.24, 2.45) is 5.92 Å². The zero-order chi connectivity index (χ0) is 11.7. The molecular formula is C14H20O3. The first-order valence-corrected chi connectivity index (χ1v) is 6.70. The number of carbonyl (C=O) groups is 1. The Morgan fingerprint density at radius 1 is 1.29 bits per heavy atom. The second-order valence-electron chi connectivity index (χ2n) is 5.55. The SMILES string of the molecule is O=C1CC=C(C2CCOC3(CCOC3)C2)CC1. The van der Waals surface area contributed by atoms with E-state index in [1.54, 1.807) is 0 Å². The van der Waals surface area contributed by atoms with Gasteiger partial charge in [-0.15, -0.1) is 0 Å². The van der Waals surface area contributed by atoms with Crippen LogP contribution in [0.25, 0.3) is 0 Å². The van der Waals surface area contributed by atoms with Crippen molar-refractivity contribution < 1.29 is 14.3 Å². The normalized spacial score (nSPS) is 38.5. The number of hydrogen-bond acceptors (Lipinski definition) is 3. The molecule has 1 spiro atoms. The smallest absolute Gasteiger partial charge is 0.136 e. The van der Waals surface area contributed by atoms with Gasteiger partial charge < -0.3 is 9.47 Å².